The van der Waals surface area contributed by atoms with Crippen LogP contribution in [0.2, 0.25) is 0 Å². The van der Waals surface area contributed by atoms with Gasteiger partial charge in [0.15, 0.2) is 29.3 Å². The number of ether oxygens (including phenoxy) is 5. The number of carbonyl (C=O) groups is 2. The number of hydrogen-bond donors (Lipinski definition) is 0. The highest BCUT2D eigenvalue weighted by Gasteiger charge is 2.33. The molecule has 11 nitrogen and oxygen atoms in total. The number of aldehydes is 1. The predicted molar refractivity (Wildman–Crippen MR) is 199 cm³/mol. The van der Waals surface area contributed by atoms with Crippen molar-refractivity contribution in [1.29, 1.82) is 0 Å². The van der Waals surface area contributed by atoms with Crippen molar-refractivity contribution in [1.82, 2.24) is 9.80 Å². The van der Waals surface area contributed by atoms with Gasteiger partial charge in [0, 0.05) is 49.3 Å². The fourth-order valence-electron chi connectivity index (χ4n) is 6.90. The van der Waals surface area contributed by atoms with Gasteiger partial charge in [0.1, 0.15) is 13.2 Å². The molecule has 2 atom stereocenters. The molecule has 4 aromatic carbocycles. The van der Waals surface area contributed by atoms with E-state index in [1.165, 1.54) is 23.8 Å². The zero-order chi connectivity index (χ0) is 36.0. The Bertz CT molecular complexity index is 2010. The van der Waals surface area contributed by atoms with Crippen LogP contribution in [0, 0.1) is 0 Å². The molecule has 0 aliphatic carbocycles. The Balaban J connectivity index is 0.931. The Morgan fingerprint density at radius 1 is 0.788 bits per heavy atom. The van der Waals surface area contributed by atoms with Gasteiger partial charge in [-0.1, -0.05) is 48.5 Å². The van der Waals surface area contributed by atoms with Gasteiger partial charge in [-0.05, 0) is 54.3 Å². The molecule has 1 amide bonds. The molecule has 0 radical (unpaired) electrons. The van der Waals surface area contributed by atoms with Crippen LogP contribution in [-0.4, -0.2) is 94.2 Å². The Hall–Kier alpha value is -5.52. The average molecular weight is 703 g/mol. The highest BCUT2D eigenvalue weighted by Crippen LogP contribution is 2.39. The van der Waals surface area contributed by atoms with E-state index < -0.39 is 0 Å². The highest BCUT2D eigenvalue weighted by atomic mass is 16.6. The Morgan fingerprint density at radius 2 is 1.42 bits per heavy atom. The van der Waals surface area contributed by atoms with Crippen molar-refractivity contribution in [2.24, 2.45) is 9.98 Å². The Labute approximate surface area is 303 Å². The van der Waals surface area contributed by atoms with Gasteiger partial charge >= 0.3 is 0 Å². The lowest BCUT2D eigenvalue weighted by Gasteiger charge is -2.34. The largest absolute Gasteiger partial charge is 0.493 e. The molecule has 0 spiro atoms. The maximum absolute atomic E-state index is 13.6. The molecule has 268 valence electrons. The summed E-state index contributed by atoms with van der Waals surface area (Å²) in [7, 11) is 5.15. The highest BCUT2D eigenvalue weighted by molar-refractivity contribution is 6.03. The molecule has 3 heterocycles. The SMILES string of the molecule is COc1cc(C=O)c(N=CC2Cc3ccccc3CN2C)cc1OCCOCCOc1cc2c(cc1OC)C(=O)N1Cc3ccccc3CC1C=N2. The molecule has 7 rings (SSSR count). The smallest absolute Gasteiger partial charge is 0.257 e. The van der Waals surface area contributed by atoms with Crippen molar-refractivity contribution >= 4 is 36.0 Å². The van der Waals surface area contributed by atoms with Gasteiger partial charge in [-0.3, -0.25) is 24.5 Å². The van der Waals surface area contributed by atoms with Crippen LogP contribution in [0.1, 0.15) is 43.0 Å². The molecule has 11 heteroatoms. The number of carbonyl (C=O) groups excluding carboxylic acids is 2. The van der Waals surface area contributed by atoms with Crippen LogP contribution in [0.3, 0.4) is 0 Å². The molecule has 4 aromatic rings. The monoisotopic (exact) mass is 702 g/mol. The molecule has 3 aliphatic rings. The summed E-state index contributed by atoms with van der Waals surface area (Å²) in [5.74, 6) is 1.74. The van der Waals surface area contributed by atoms with Gasteiger partial charge < -0.3 is 28.6 Å². The van der Waals surface area contributed by atoms with E-state index in [-0.39, 0.29) is 44.4 Å². The zero-order valence-electron chi connectivity index (χ0n) is 29.6. The third kappa shape index (κ3) is 7.42. The number of aliphatic imine (C=N–C) groups is 2. The van der Waals surface area contributed by atoms with Crippen molar-refractivity contribution in [3.8, 4) is 23.0 Å². The Morgan fingerprint density at radius 3 is 2.12 bits per heavy atom. The molecule has 0 bridgehead atoms. The maximum atomic E-state index is 13.6. The lowest BCUT2D eigenvalue weighted by molar-refractivity contribution is 0.0702. The second-order valence-electron chi connectivity index (χ2n) is 13.0. The first kappa shape index (κ1) is 34.9. The van der Waals surface area contributed by atoms with Crippen LogP contribution in [-0.2, 0) is 30.7 Å². The molecule has 0 saturated carbocycles. The summed E-state index contributed by atoms with van der Waals surface area (Å²) in [6.07, 6.45) is 6.08. The van der Waals surface area contributed by atoms with Gasteiger partial charge in [-0.25, -0.2) is 0 Å². The van der Waals surface area contributed by atoms with Crippen molar-refractivity contribution < 1.29 is 33.3 Å². The molecule has 52 heavy (non-hydrogen) atoms. The molecular weight excluding hydrogens is 660 g/mol. The summed E-state index contributed by atoms with van der Waals surface area (Å²) < 4.78 is 28.9. The van der Waals surface area contributed by atoms with Gasteiger partial charge in [-0.15, -0.1) is 0 Å². The second-order valence-corrected chi connectivity index (χ2v) is 13.0. The molecule has 0 fully saturated rings. The minimum absolute atomic E-state index is 0.0838. The van der Waals surface area contributed by atoms with Gasteiger partial charge in [0.2, 0.25) is 0 Å². The van der Waals surface area contributed by atoms with Crippen LogP contribution in [0.25, 0.3) is 0 Å². The summed E-state index contributed by atoms with van der Waals surface area (Å²) in [6, 6.07) is 23.4. The number of nitrogens with zero attached hydrogens (tertiary/aromatic N) is 4. The van der Waals surface area contributed by atoms with Gasteiger partial charge in [-0.2, -0.15) is 0 Å². The van der Waals surface area contributed by atoms with Crippen molar-refractivity contribution in [2.75, 3.05) is 47.7 Å². The third-order valence-corrected chi connectivity index (χ3v) is 9.78. The predicted octanol–water partition coefficient (Wildman–Crippen LogP) is 6.03. The zero-order valence-corrected chi connectivity index (χ0v) is 29.6. The number of likely N-dealkylation sites (N-methyl/N-ethyl adjacent to an activating group) is 1. The minimum atomic E-state index is -0.120. The van der Waals surface area contributed by atoms with Crippen molar-refractivity contribution in [2.45, 2.75) is 38.0 Å². The van der Waals surface area contributed by atoms with E-state index in [1.807, 2.05) is 29.5 Å². The van der Waals surface area contributed by atoms with Crippen LogP contribution in [0.4, 0.5) is 11.4 Å². The number of benzene rings is 4. The quantitative estimate of drug-likeness (QED) is 0.0944. The van der Waals surface area contributed by atoms with E-state index in [4.69, 9.17) is 33.7 Å². The maximum Gasteiger partial charge on any atom is 0.257 e. The van der Waals surface area contributed by atoms with Crippen molar-refractivity contribution in [3.05, 3.63) is 106 Å². The van der Waals surface area contributed by atoms with E-state index in [2.05, 4.69) is 48.3 Å². The van der Waals surface area contributed by atoms with E-state index in [0.29, 0.717) is 52.0 Å². The van der Waals surface area contributed by atoms with E-state index in [1.54, 1.807) is 31.4 Å². The number of fused-ring (bicyclic) bond motifs is 4. The number of hydrogen-bond acceptors (Lipinski definition) is 10. The fraction of sp³-hybridized carbons (Fsp3) is 0.317. The third-order valence-electron chi connectivity index (χ3n) is 9.78. The summed E-state index contributed by atoms with van der Waals surface area (Å²) in [5.41, 5.74) is 6.96. The number of rotatable bonds is 13. The molecule has 0 N–H and O–H groups in total. The molecule has 2 unspecified atom stereocenters. The topological polar surface area (TPSA) is 111 Å². The van der Waals surface area contributed by atoms with Crippen LogP contribution in [0.15, 0.2) is 82.8 Å². The summed E-state index contributed by atoms with van der Waals surface area (Å²) in [4.78, 5) is 39.1. The van der Waals surface area contributed by atoms with Gasteiger partial charge in [0.25, 0.3) is 5.91 Å². The molecular formula is C41H42N4O7. The summed E-state index contributed by atoms with van der Waals surface area (Å²) in [5, 5.41) is 0. The molecule has 0 aromatic heterocycles. The van der Waals surface area contributed by atoms with E-state index in [9.17, 15) is 9.59 Å². The lowest BCUT2D eigenvalue weighted by Crippen LogP contribution is -2.44. The second kappa shape index (κ2) is 15.8. The molecule has 0 saturated heterocycles. The van der Waals surface area contributed by atoms with Crippen LogP contribution >= 0.6 is 0 Å². The number of methoxy groups -OCH3 is 2. The lowest BCUT2D eigenvalue weighted by atomic mass is 9.94. The first-order chi connectivity index (χ1) is 25.4. The van der Waals surface area contributed by atoms with E-state index >= 15 is 0 Å². The van der Waals surface area contributed by atoms with E-state index in [0.717, 1.165) is 31.2 Å². The van der Waals surface area contributed by atoms with Crippen LogP contribution in [0.5, 0.6) is 23.0 Å². The first-order valence-electron chi connectivity index (χ1n) is 17.4. The van der Waals surface area contributed by atoms with Crippen molar-refractivity contribution in [3.63, 3.8) is 0 Å². The molecule has 3 aliphatic heterocycles. The minimum Gasteiger partial charge on any atom is -0.493 e. The summed E-state index contributed by atoms with van der Waals surface area (Å²) in [6.45, 7) is 2.42. The average Bonchev–Trinajstić information content (AvgIpc) is 3.30. The number of amides is 1. The fourth-order valence-corrected chi connectivity index (χ4v) is 6.90. The van der Waals surface area contributed by atoms with Crippen LogP contribution < -0.4 is 18.9 Å². The van der Waals surface area contributed by atoms with Gasteiger partial charge in [0.05, 0.1) is 50.4 Å². The normalized spacial score (nSPS) is 17.8. The summed E-state index contributed by atoms with van der Waals surface area (Å²) >= 11 is 0. The first-order valence-corrected chi connectivity index (χ1v) is 17.4. The Kier molecular flexibility index (Phi) is 10.6. The standard InChI is InChI=1S/C41H42N4O7/c1-44-24-29-10-6-4-8-27(29)16-32(44)22-42-35-20-39(37(48-2)18-31(35)26-46)51-14-12-50-13-15-52-40-21-36-34(19-38(40)49-3)41(47)45-25-30-11-7-5-9-28(30)17-33(45)23-43-36/h4-11,18-23,26,32-33H,12-17,24-25H2,1-3H3.